The lowest BCUT2D eigenvalue weighted by atomic mass is 9.76. The van der Waals surface area contributed by atoms with E-state index in [2.05, 4.69) is 5.32 Å². The summed E-state index contributed by atoms with van der Waals surface area (Å²) in [5.41, 5.74) is 3.01. The van der Waals surface area contributed by atoms with E-state index in [9.17, 15) is 9.59 Å². The zero-order chi connectivity index (χ0) is 23.4. The number of aryl methyl sites for hydroxylation is 1. The number of esters is 1. The normalized spacial score (nSPS) is 18.2. The van der Waals surface area contributed by atoms with Crippen LogP contribution in [0.4, 0.5) is 0 Å². The second-order valence-corrected chi connectivity index (χ2v) is 9.21. The molecular weight excluding hydrogens is 422 g/mol. The zero-order valence-electron chi connectivity index (χ0n) is 19.7. The number of amides is 1. The molecule has 1 aromatic heterocycles. The van der Waals surface area contributed by atoms with Gasteiger partial charge in [0, 0.05) is 32.2 Å². The highest BCUT2D eigenvalue weighted by Crippen LogP contribution is 2.37. The smallest absolute Gasteiger partial charge is 0.338 e. The van der Waals surface area contributed by atoms with E-state index < -0.39 is 0 Å². The first kappa shape index (κ1) is 23.3. The van der Waals surface area contributed by atoms with Crippen molar-refractivity contribution in [2.75, 3.05) is 33.5 Å². The molecule has 3 heterocycles. The fourth-order valence-electron chi connectivity index (χ4n) is 4.72. The predicted octanol–water partition coefficient (Wildman–Crippen LogP) is 3.03. The maximum atomic E-state index is 13.0. The first-order valence-electron chi connectivity index (χ1n) is 11.7. The fraction of sp³-hybridized carbons (Fsp3) is 0.560. The number of ether oxygens (including phenoxy) is 3. The Morgan fingerprint density at radius 2 is 2.12 bits per heavy atom. The van der Waals surface area contributed by atoms with Gasteiger partial charge in [-0.3, -0.25) is 9.48 Å². The highest BCUT2D eigenvalue weighted by Gasteiger charge is 2.39. The minimum Gasteiger partial charge on any atom is -0.497 e. The molecule has 1 spiro atoms. The molecular formula is C25H33N3O5. The van der Waals surface area contributed by atoms with Gasteiger partial charge in [0.15, 0.2) is 0 Å². The van der Waals surface area contributed by atoms with Crippen LogP contribution < -0.4 is 10.1 Å². The van der Waals surface area contributed by atoms with Gasteiger partial charge in [-0.2, -0.15) is 5.10 Å². The number of carbonyl (C=O) groups is 2. The number of nitrogens with one attached hydrogen (secondary N) is 1. The number of nitrogens with zero attached hydrogens (tertiary/aromatic N) is 2. The van der Waals surface area contributed by atoms with Gasteiger partial charge in [-0.15, -0.1) is 0 Å². The topological polar surface area (TPSA) is 91.7 Å². The molecule has 0 radical (unpaired) electrons. The lowest BCUT2D eigenvalue weighted by Gasteiger charge is -2.36. The SMILES string of the molecule is CCc1nn(CC(C)COC(=O)c2cccc(OC)c2)c2c1C(=O)NCC1(CCOCC1)C2. The van der Waals surface area contributed by atoms with Crippen LogP contribution in [0.5, 0.6) is 5.75 Å². The monoisotopic (exact) mass is 455 g/mol. The number of hydrogen-bond acceptors (Lipinski definition) is 6. The summed E-state index contributed by atoms with van der Waals surface area (Å²) >= 11 is 0. The van der Waals surface area contributed by atoms with Gasteiger partial charge in [-0.05, 0) is 49.3 Å². The van der Waals surface area contributed by atoms with Gasteiger partial charge in [-0.25, -0.2) is 4.79 Å². The molecule has 1 N–H and O–H groups in total. The van der Waals surface area contributed by atoms with Crippen LogP contribution in [0, 0.1) is 11.3 Å². The summed E-state index contributed by atoms with van der Waals surface area (Å²) in [5, 5.41) is 7.94. The molecule has 0 saturated carbocycles. The number of benzene rings is 1. The molecule has 0 bridgehead atoms. The summed E-state index contributed by atoms with van der Waals surface area (Å²) in [6, 6.07) is 6.93. The van der Waals surface area contributed by atoms with Gasteiger partial charge in [0.1, 0.15) is 5.75 Å². The van der Waals surface area contributed by atoms with Gasteiger partial charge in [0.05, 0.1) is 36.2 Å². The molecule has 8 nitrogen and oxygen atoms in total. The van der Waals surface area contributed by atoms with Crippen molar-refractivity contribution in [1.82, 2.24) is 15.1 Å². The van der Waals surface area contributed by atoms with Crippen LogP contribution in [0.3, 0.4) is 0 Å². The van der Waals surface area contributed by atoms with Crippen LogP contribution in [-0.4, -0.2) is 55.1 Å². The summed E-state index contributed by atoms with van der Waals surface area (Å²) in [5.74, 6) is 0.234. The van der Waals surface area contributed by atoms with Crippen LogP contribution >= 0.6 is 0 Å². The van der Waals surface area contributed by atoms with Crippen LogP contribution in [0.2, 0.25) is 0 Å². The van der Waals surface area contributed by atoms with Crippen molar-refractivity contribution in [3.63, 3.8) is 0 Å². The van der Waals surface area contributed by atoms with Gasteiger partial charge >= 0.3 is 5.97 Å². The molecule has 2 aromatic rings. The summed E-state index contributed by atoms with van der Waals surface area (Å²) in [6.07, 6.45) is 3.34. The maximum absolute atomic E-state index is 13.0. The minimum atomic E-state index is -0.380. The Morgan fingerprint density at radius 1 is 1.33 bits per heavy atom. The largest absolute Gasteiger partial charge is 0.497 e. The molecule has 1 aromatic carbocycles. The number of aromatic nitrogens is 2. The minimum absolute atomic E-state index is 0.00399. The standard InChI is InChI=1S/C25H33N3O5/c1-4-20-22-21(13-25(16-26-23(22)29)8-10-32-11-9-25)28(27-20)14-17(2)15-33-24(30)18-6-5-7-19(12-18)31-3/h5-7,12,17H,4,8-11,13-16H2,1-3H3,(H,26,29). The highest BCUT2D eigenvalue weighted by molar-refractivity contribution is 5.97. The van der Waals surface area contributed by atoms with E-state index in [1.165, 1.54) is 0 Å². The number of methoxy groups -OCH3 is 1. The van der Waals surface area contributed by atoms with Crippen molar-refractivity contribution >= 4 is 11.9 Å². The van der Waals surface area contributed by atoms with Crippen molar-refractivity contribution < 1.29 is 23.8 Å². The first-order valence-corrected chi connectivity index (χ1v) is 11.7. The number of carbonyl (C=O) groups excluding carboxylic acids is 2. The van der Waals surface area contributed by atoms with Gasteiger partial charge < -0.3 is 19.5 Å². The first-order chi connectivity index (χ1) is 15.9. The van der Waals surface area contributed by atoms with Crippen molar-refractivity contribution in [3.8, 4) is 5.75 Å². The lowest BCUT2D eigenvalue weighted by Crippen LogP contribution is -2.41. The van der Waals surface area contributed by atoms with Crippen LogP contribution in [0.1, 0.15) is 58.8 Å². The van der Waals surface area contributed by atoms with Crippen molar-refractivity contribution in [2.45, 2.75) is 46.1 Å². The molecule has 33 heavy (non-hydrogen) atoms. The van der Waals surface area contributed by atoms with E-state index in [1.807, 2.05) is 18.5 Å². The molecule has 8 heteroatoms. The Kier molecular flexibility index (Phi) is 7.02. The van der Waals surface area contributed by atoms with Gasteiger partial charge in [0.25, 0.3) is 5.91 Å². The Balaban J connectivity index is 1.48. The quantitative estimate of drug-likeness (QED) is 0.646. The second-order valence-electron chi connectivity index (χ2n) is 9.21. The molecule has 4 rings (SSSR count). The molecule has 2 aliphatic heterocycles. The van der Waals surface area contributed by atoms with Gasteiger partial charge in [0.2, 0.25) is 0 Å². The van der Waals surface area contributed by atoms with Gasteiger partial charge in [-0.1, -0.05) is 19.9 Å². The third kappa shape index (κ3) is 5.05. The molecule has 2 aliphatic rings. The van der Waals surface area contributed by atoms with Crippen molar-refractivity contribution in [2.24, 2.45) is 11.3 Å². The molecule has 1 atom stereocenters. The van der Waals surface area contributed by atoms with E-state index in [-0.39, 0.29) is 29.8 Å². The van der Waals surface area contributed by atoms with E-state index in [1.54, 1.807) is 31.4 Å². The summed E-state index contributed by atoms with van der Waals surface area (Å²) < 4.78 is 18.3. The van der Waals surface area contributed by atoms with Crippen molar-refractivity contribution in [1.29, 1.82) is 0 Å². The average molecular weight is 456 g/mol. The van der Waals surface area contributed by atoms with Crippen molar-refractivity contribution in [3.05, 3.63) is 46.8 Å². The number of fused-ring (bicyclic) bond motifs is 1. The fourth-order valence-corrected chi connectivity index (χ4v) is 4.72. The molecule has 178 valence electrons. The summed E-state index contributed by atoms with van der Waals surface area (Å²) in [4.78, 5) is 25.4. The Bertz CT molecular complexity index is 1010. The third-order valence-electron chi connectivity index (χ3n) is 6.70. The van der Waals surface area contributed by atoms with E-state index in [0.29, 0.717) is 30.8 Å². The molecule has 1 saturated heterocycles. The maximum Gasteiger partial charge on any atom is 0.338 e. The summed E-state index contributed by atoms with van der Waals surface area (Å²) in [7, 11) is 1.56. The second kappa shape index (κ2) is 9.95. The number of hydrogen-bond donors (Lipinski definition) is 1. The lowest BCUT2D eigenvalue weighted by molar-refractivity contribution is 0.0151. The number of rotatable bonds is 7. The Labute approximate surface area is 194 Å². The predicted molar refractivity (Wildman–Crippen MR) is 123 cm³/mol. The van der Waals surface area contributed by atoms with Crippen LogP contribution in [0.25, 0.3) is 0 Å². The van der Waals surface area contributed by atoms with E-state index in [0.717, 1.165) is 49.4 Å². The third-order valence-corrected chi connectivity index (χ3v) is 6.70. The Morgan fingerprint density at radius 3 is 2.85 bits per heavy atom. The van der Waals surface area contributed by atoms with E-state index in [4.69, 9.17) is 19.3 Å². The molecule has 0 aliphatic carbocycles. The Hall–Kier alpha value is -2.87. The van der Waals surface area contributed by atoms with E-state index >= 15 is 0 Å². The summed E-state index contributed by atoms with van der Waals surface area (Å²) in [6.45, 7) is 6.99. The highest BCUT2D eigenvalue weighted by atomic mass is 16.5. The van der Waals surface area contributed by atoms with Crippen LogP contribution in [-0.2, 0) is 28.9 Å². The molecule has 1 unspecified atom stereocenters. The average Bonchev–Trinajstić information content (AvgIpc) is 3.10. The molecule has 1 amide bonds. The molecule has 1 fully saturated rings. The van der Waals surface area contributed by atoms with Crippen LogP contribution in [0.15, 0.2) is 24.3 Å². The zero-order valence-corrected chi connectivity index (χ0v) is 19.7.